The fraction of sp³-hybridized carbons (Fsp3) is 0. The molecule has 0 saturated heterocycles. The van der Waals surface area contributed by atoms with Gasteiger partial charge in [-0.1, -0.05) is 0 Å². The molecule has 0 heterocycles. The van der Waals surface area contributed by atoms with E-state index in [0.29, 0.717) is 15.0 Å². The van der Waals surface area contributed by atoms with Gasteiger partial charge in [-0.2, -0.15) is 0 Å². The molecule has 1 aromatic carbocycles. The Balaban J connectivity index is 2.65. The summed E-state index contributed by atoms with van der Waals surface area (Å²) < 4.78 is 2.60. The number of halogens is 2. The minimum atomic E-state index is 0.408. The van der Waals surface area contributed by atoms with Crippen molar-refractivity contribution in [1.29, 1.82) is 0 Å². The molecule has 11 heavy (non-hydrogen) atoms. The Bertz CT molecular complexity index is 244. The van der Waals surface area contributed by atoms with Gasteiger partial charge in [-0.05, 0) is 0 Å². The standard InChI is InChI=1S/C8H6Br2Se/c9-6-8(10)11-7-4-2-1-3-5-7/h1-6H/b8-6+. The molecule has 0 aliphatic rings. The topological polar surface area (TPSA) is 0 Å². The average Bonchev–Trinajstić information content (AvgIpc) is 2.06. The zero-order chi connectivity index (χ0) is 8.10. The summed E-state index contributed by atoms with van der Waals surface area (Å²) in [4.78, 5) is 1.92. The number of rotatable bonds is 2. The van der Waals surface area contributed by atoms with Crippen molar-refractivity contribution < 1.29 is 0 Å². The van der Waals surface area contributed by atoms with E-state index in [-0.39, 0.29) is 0 Å². The van der Waals surface area contributed by atoms with Crippen molar-refractivity contribution in [2.24, 2.45) is 0 Å². The summed E-state index contributed by atoms with van der Waals surface area (Å²) in [6.07, 6.45) is 0. The van der Waals surface area contributed by atoms with Gasteiger partial charge in [0.05, 0.1) is 0 Å². The van der Waals surface area contributed by atoms with Crippen LogP contribution in [0.25, 0.3) is 0 Å². The van der Waals surface area contributed by atoms with Crippen LogP contribution in [0.15, 0.2) is 38.7 Å². The van der Waals surface area contributed by atoms with Crippen LogP contribution in [0, 0.1) is 0 Å². The van der Waals surface area contributed by atoms with Crippen molar-refractivity contribution in [2.45, 2.75) is 0 Å². The summed E-state index contributed by atoms with van der Waals surface area (Å²) in [7, 11) is 0. The molecule has 0 aliphatic heterocycles. The Kier molecular flexibility index (Phi) is 4.46. The first-order valence-corrected chi connectivity index (χ1v) is 6.44. The summed E-state index contributed by atoms with van der Waals surface area (Å²) in [6.45, 7) is 0. The Labute approximate surface area is 89.5 Å². The van der Waals surface area contributed by atoms with Gasteiger partial charge in [-0.25, -0.2) is 0 Å². The van der Waals surface area contributed by atoms with Gasteiger partial charge in [-0.3, -0.25) is 0 Å². The van der Waals surface area contributed by atoms with Crippen molar-refractivity contribution in [3.05, 3.63) is 38.7 Å². The van der Waals surface area contributed by atoms with Crippen LogP contribution >= 0.6 is 31.9 Å². The Morgan fingerprint density at radius 3 is 2.45 bits per heavy atom. The second-order valence-electron chi connectivity index (χ2n) is 1.83. The van der Waals surface area contributed by atoms with E-state index in [9.17, 15) is 0 Å². The third-order valence-electron chi connectivity index (χ3n) is 1.04. The zero-order valence-corrected chi connectivity index (χ0v) is 10.5. The molecule has 0 spiro atoms. The van der Waals surface area contributed by atoms with E-state index in [2.05, 4.69) is 56.1 Å². The normalized spacial score (nSPS) is 11.6. The molecule has 0 bridgehead atoms. The van der Waals surface area contributed by atoms with Crippen LogP contribution in [0.2, 0.25) is 0 Å². The third-order valence-corrected chi connectivity index (χ3v) is 5.59. The number of benzene rings is 1. The fourth-order valence-electron chi connectivity index (χ4n) is 0.623. The van der Waals surface area contributed by atoms with Crippen molar-refractivity contribution in [3.63, 3.8) is 0 Å². The molecule has 0 radical (unpaired) electrons. The van der Waals surface area contributed by atoms with E-state index in [1.54, 1.807) is 0 Å². The first-order valence-electron chi connectivity index (χ1n) is 3.01. The molecule has 0 N–H and O–H groups in total. The second kappa shape index (κ2) is 5.15. The molecule has 0 fully saturated rings. The first kappa shape index (κ1) is 9.53. The van der Waals surface area contributed by atoms with Crippen molar-refractivity contribution >= 4 is 51.3 Å². The van der Waals surface area contributed by atoms with Crippen LogP contribution in [0.3, 0.4) is 0 Å². The summed E-state index contributed by atoms with van der Waals surface area (Å²) in [5.41, 5.74) is 0. The van der Waals surface area contributed by atoms with Crippen LogP contribution in [-0.4, -0.2) is 15.0 Å². The summed E-state index contributed by atoms with van der Waals surface area (Å²) in [6, 6.07) is 10.4. The van der Waals surface area contributed by atoms with Gasteiger partial charge >= 0.3 is 90.0 Å². The molecule has 0 saturated carbocycles. The van der Waals surface area contributed by atoms with Crippen LogP contribution < -0.4 is 4.46 Å². The number of hydrogen-bond donors (Lipinski definition) is 0. The van der Waals surface area contributed by atoms with Crippen LogP contribution in [0.1, 0.15) is 0 Å². The Morgan fingerprint density at radius 2 is 1.91 bits per heavy atom. The molecule has 0 amide bonds. The van der Waals surface area contributed by atoms with E-state index in [0.717, 1.165) is 0 Å². The maximum absolute atomic E-state index is 3.46. The van der Waals surface area contributed by atoms with Gasteiger partial charge in [0.1, 0.15) is 0 Å². The van der Waals surface area contributed by atoms with Crippen LogP contribution in [0.5, 0.6) is 0 Å². The van der Waals surface area contributed by atoms with E-state index < -0.39 is 0 Å². The molecule has 0 unspecified atom stereocenters. The predicted octanol–water partition coefficient (Wildman–Crippen LogP) is 2.60. The van der Waals surface area contributed by atoms with Crippen molar-refractivity contribution in [1.82, 2.24) is 0 Å². The molecule has 1 rings (SSSR count). The average molecular weight is 341 g/mol. The molecule has 0 aromatic heterocycles. The monoisotopic (exact) mass is 340 g/mol. The summed E-state index contributed by atoms with van der Waals surface area (Å²) >= 11 is 7.14. The molecule has 1 aromatic rings. The van der Waals surface area contributed by atoms with E-state index in [4.69, 9.17) is 0 Å². The van der Waals surface area contributed by atoms with Crippen LogP contribution in [0.4, 0.5) is 0 Å². The molecular formula is C8H6Br2Se. The van der Waals surface area contributed by atoms with Gasteiger partial charge in [0.25, 0.3) is 0 Å². The molecule has 58 valence electrons. The van der Waals surface area contributed by atoms with E-state index >= 15 is 0 Å². The molecule has 3 heteroatoms. The Morgan fingerprint density at radius 1 is 1.27 bits per heavy atom. The fourth-order valence-corrected chi connectivity index (χ4v) is 3.26. The zero-order valence-electron chi connectivity index (χ0n) is 5.63. The van der Waals surface area contributed by atoms with Crippen molar-refractivity contribution in [2.75, 3.05) is 0 Å². The van der Waals surface area contributed by atoms with Gasteiger partial charge in [0.2, 0.25) is 0 Å². The van der Waals surface area contributed by atoms with E-state index in [1.165, 1.54) is 7.84 Å². The minimum absolute atomic E-state index is 0.408. The third kappa shape index (κ3) is 3.57. The first-order chi connectivity index (χ1) is 5.33. The maximum atomic E-state index is 3.46. The van der Waals surface area contributed by atoms with Gasteiger partial charge < -0.3 is 0 Å². The SMILES string of the molecule is Br/C=C(\Br)[Se]c1ccccc1. The molecular weight excluding hydrogens is 335 g/mol. The molecule has 0 aliphatic carbocycles. The molecule has 0 atom stereocenters. The van der Waals surface area contributed by atoms with Crippen LogP contribution in [-0.2, 0) is 0 Å². The summed E-state index contributed by atoms with van der Waals surface area (Å²) in [5, 5.41) is 0. The summed E-state index contributed by atoms with van der Waals surface area (Å²) in [5.74, 6) is 0. The second-order valence-corrected chi connectivity index (χ2v) is 6.66. The Hall–Kier alpha value is 0.439. The van der Waals surface area contributed by atoms with Gasteiger partial charge in [-0.15, -0.1) is 0 Å². The quantitative estimate of drug-likeness (QED) is 0.726. The predicted molar refractivity (Wildman–Crippen MR) is 57.8 cm³/mol. The van der Waals surface area contributed by atoms with E-state index in [1.807, 2.05) is 11.1 Å². The van der Waals surface area contributed by atoms with Crippen molar-refractivity contribution in [3.8, 4) is 0 Å². The number of hydrogen-bond acceptors (Lipinski definition) is 0. The van der Waals surface area contributed by atoms with Gasteiger partial charge in [0, 0.05) is 0 Å². The van der Waals surface area contributed by atoms with Gasteiger partial charge in [0.15, 0.2) is 0 Å². The molecule has 0 nitrogen and oxygen atoms in total.